The smallest absolute Gasteiger partial charge is 0.145 e. The van der Waals surface area contributed by atoms with Crippen molar-refractivity contribution in [1.29, 1.82) is 5.41 Å². The third-order valence-corrected chi connectivity index (χ3v) is 4.17. The summed E-state index contributed by atoms with van der Waals surface area (Å²) < 4.78 is 0. The number of nitrogens with two attached hydrogens (primary N) is 1. The van der Waals surface area contributed by atoms with Crippen LogP contribution < -0.4 is 5.84 Å². The van der Waals surface area contributed by atoms with Crippen molar-refractivity contribution < 1.29 is 4.79 Å². The van der Waals surface area contributed by atoms with E-state index in [2.05, 4.69) is 22.5 Å². The van der Waals surface area contributed by atoms with Gasteiger partial charge in [-0.2, -0.15) is 0 Å². The molecule has 0 saturated heterocycles. The second kappa shape index (κ2) is 6.41. The second-order valence-corrected chi connectivity index (χ2v) is 5.35. The molecule has 0 spiro atoms. The van der Waals surface area contributed by atoms with Crippen LogP contribution in [0, 0.1) is 5.41 Å². The lowest BCUT2D eigenvalue weighted by Gasteiger charge is -2.37. The predicted molar refractivity (Wildman–Crippen MR) is 77.6 cm³/mol. The molecule has 0 bridgehead atoms. The summed E-state index contributed by atoms with van der Waals surface area (Å²) in [5.41, 5.74) is 1.23. The zero-order valence-corrected chi connectivity index (χ0v) is 11.5. The maximum Gasteiger partial charge on any atom is 0.145 e. The number of rotatable bonds is 4. The van der Waals surface area contributed by atoms with E-state index < -0.39 is 0 Å². The summed E-state index contributed by atoms with van der Waals surface area (Å²) in [7, 11) is 0. The first-order chi connectivity index (χ1) is 9.66. The van der Waals surface area contributed by atoms with Crippen LogP contribution in [0.4, 0.5) is 0 Å². The molecule has 5 nitrogen and oxygen atoms in total. The number of carbonyl (C=O) groups is 1. The molecule has 1 aliphatic rings. The van der Waals surface area contributed by atoms with Crippen molar-refractivity contribution in [2.24, 2.45) is 16.2 Å². The average Bonchev–Trinajstić information content (AvgIpc) is 2.48. The molecule has 3 N–H and O–H groups in total. The highest BCUT2D eigenvalue weighted by molar-refractivity contribution is 5.80. The number of nitrogens with one attached hydrogen (secondary N) is 1. The molecule has 2 rings (SSSR count). The number of hydrogen-bond acceptors (Lipinski definition) is 3. The number of ketones is 1. The maximum atomic E-state index is 11.5. The highest BCUT2D eigenvalue weighted by atomic mass is 16.1. The molecule has 1 saturated carbocycles. The topological polar surface area (TPSA) is 91.7 Å². The highest BCUT2D eigenvalue weighted by Gasteiger charge is 2.36. The first kappa shape index (κ1) is 14.4. The maximum absolute atomic E-state index is 11.5. The van der Waals surface area contributed by atoms with Crippen molar-refractivity contribution in [2.45, 2.75) is 43.9 Å². The summed E-state index contributed by atoms with van der Waals surface area (Å²) in [5.74, 6) is 5.51. The van der Waals surface area contributed by atoms with Crippen molar-refractivity contribution in [3.05, 3.63) is 35.9 Å². The van der Waals surface area contributed by atoms with Gasteiger partial charge in [-0.05, 0) is 30.2 Å². The van der Waals surface area contributed by atoms with Crippen LogP contribution in [0.25, 0.3) is 0 Å². The first-order valence-electron chi connectivity index (χ1n) is 6.92. The molecule has 1 aromatic rings. The standard InChI is InChI=1S/C15H20N4O/c16-14(18-19-17)8-11-15(9-6-13(20)7-10-15)12-4-2-1-3-5-12/h1-5H,6-11H2,(H3,16,17,18). The lowest BCUT2D eigenvalue weighted by atomic mass is 9.66. The largest absolute Gasteiger partial charge is 0.305 e. The lowest BCUT2D eigenvalue weighted by Crippen LogP contribution is -2.32. The molecule has 0 heterocycles. The molecular weight excluding hydrogens is 252 g/mol. The van der Waals surface area contributed by atoms with Gasteiger partial charge in [0.05, 0.1) is 0 Å². The van der Waals surface area contributed by atoms with Gasteiger partial charge >= 0.3 is 0 Å². The van der Waals surface area contributed by atoms with Crippen LogP contribution in [-0.4, -0.2) is 11.6 Å². The monoisotopic (exact) mass is 272 g/mol. The lowest BCUT2D eigenvalue weighted by molar-refractivity contribution is -0.121. The van der Waals surface area contributed by atoms with Crippen molar-refractivity contribution >= 4 is 11.6 Å². The number of carbonyl (C=O) groups excluding carboxylic acids is 1. The SMILES string of the molecule is N=C(CCC1(c2ccccc2)CCC(=O)CC1)N=NN. The van der Waals surface area contributed by atoms with Crippen molar-refractivity contribution in [3.63, 3.8) is 0 Å². The van der Waals surface area contributed by atoms with E-state index in [1.54, 1.807) is 0 Å². The minimum absolute atomic E-state index is 0.0222. The Kier molecular flexibility index (Phi) is 4.61. The Morgan fingerprint density at radius 3 is 2.50 bits per heavy atom. The Morgan fingerprint density at radius 1 is 1.25 bits per heavy atom. The van der Waals surface area contributed by atoms with Gasteiger partial charge in [-0.25, -0.2) is 0 Å². The summed E-state index contributed by atoms with van der Waals surface area (Å²) >= 11 is 0. The van der Waals surface area contributed by atoms with E-state index in [0.29, 0.717) is 25.0 Å². The van der Waals surface area contributed by atoms with Gasteiger partial charge in [-0.1, -0.05) is 35.6 Å². The zero-order valence-electron chi connectivity index (χ0n) is 11.5. The zero-order chi connectivity index (χ0) is 14.4. The fourth-order valence-corrected chi connectivity index (χ4v) is 2.96. The van der Waals surface area contributed by atoms with Crippen molar-refractivity contribution in [3.8, 4) is 0 Å². The molecule has 0 atom stereocenters. The van der Waals surface area contributed by atoms with E-state index in [1.165, 1.54) is 5.56 Å². The van der Waals surface area contributed by atoms with Crippen LogP contribution >= 0.6 is 0 Å². The molecule has 106 valence electrons. The quantitative estimate of drug-likeness (QED) is 0.290. The number of benzene rings is 1. The van der Waals surface area contributed by atoms with Gasteiger partial charge in [0.2, 0.25) is 0 Å². The number of hydrogen-bond donors (Lipinski definition) is 2. The van der Waals surface area contributed by atoms with E-state index in [9.17, 15) is 4.79 Å². The molecule has 1 aliphatic carbocycles. The Hall–Kier alpha value is -2.04. The van der Waals surface area contributed by atoms with E-state index in [-0.39, 0.29) is 11.3 Å². The van der Waals surface area contributed by atoms with Gasteiger partial charge in [0.1, 0.15) is 11.6 Å². The van der Waals surface area contributed by atoms with Crippen molar-refractivity contribution in [1.82, 2.24) is 0 Å². The van der Waals surface area contributed by atoms with E-state index >= 15 is 0 Å². The summed E-state index contributed by atoms with van der Waals surface area (Å²) in [6.07, 6.45) is 4.29. The molecule has 1 aromatic carbocycles. The van der Waals surface area contributed by atoms with Gasteiger partial charge in [0, 0.05) is 19.3 Å². The Labute approximate surface area is 118 Å². The molecular formula is C15H20N4O. The van der Waals surface area contributed by atoms with Gasteiger partial charge in [-0.3, -0.25) is 10.2 Å². The summed E-state index contributed by atoms with van der Waals surface area (Å²) in [5, 5.41) is 14.4. The fourth-order valence-electron chi connectivity index (χ4n) is 2.96. The van der Waals surface area contributed by atoms with Crippen molar-refractivity contribution in [2.75, 3.05) is 0 Å². The molecule has 0 aromatic heterocycles. The molecule has 1 fully saturated rings. The highest BCUT2D eigenvalue weighted by Crippen LogP contribution is 2.42. The molecule has 0 radical (unpaired) electrons. The van der Waals surface area contributed by atoms with Gasteiger partial charge < -0.3 is 5.84 Å². The Bertz CT molecular complexity index is 500. The van der Waals surface area contributed by atoms with Crippen LogP contribution in [0.1, 0.15) is 44.1 Å². The normalized spacial score (nSPS) is 18.3. The van der Waals surface area contributed by atoms with Gasteiger partial charge in [0.15, 0.2) is 0 Å². The predicted octanol–water partition coefficient (Wildman–Crippen LogP) is 3.15. The summed E-state index contributed by atoms with van der Waals surface area (Å²) in [6, 6.07) is 10.3. The summed E-state index contributed by atoms with van der Waals surface area (Å²) in [4.78, 5) is 11.5. The van der Waals surface area contributed by atoms with Crippen LogP contribution in [0.15, 0.2) is 40.7 Å². The number of amidine groups is 1. The third kappa shape index (κ3) is 3.29. The number of nitrogens with zero attached hydrogens (tertiary/aromatic N) is 2. The Balaban J connectivity index is 2.17. The molecule has 0 amide bonds. The van der Waals surface area contributed by atoms with Crippen LogP contribution in [0.3, 0.4) is 0 Å². The van der Waals surface area contributed by atoms with E-state index in [0.717, 1.165) is 19.3 Å². The van der Waals surface area contributed by atoms with Crippen LogP contribution in [0.2, 0.25) is 0 Å². The van der Waals surface area contributed by atoms with Gasteiger partial charge in [0.25, 0.3) is 0 Å². The first-order valence-corrected chi connectivity index (χ1v) is 6.92. The van der Waals surface area contributed by atoms with Gasteiger partial charge in [-0.15, -0.1) is 5.11 Å². The minimum Gasteiger partial charge on any atom is -0.305 e. The molecule has 5 heteroatoms. The van der Waals surface area contributed by atoms with E-state index in [4.69, 9.17) is 11.3 Å². The minimum atomic E-state index is -0.0222. The second-order valence-electron chi connectivity index (χ2n) is 5.35. The fraction of sp³-hybridized carbons (Fsp3) is 0.467. The molecule has 0 aliphatic heterocycles. The Morgan fingerprint density at radius 2 is 1.90 bits per heavy atom. The summed E-state index contributed by atoms with van der Waals surface area (Å²) in [6.45, 7) is 0. The average molecular weight is 272 g/mol. The molecule has 0 unspecified atom stereocenters. The molecule has 20 heavy (non-hydrogen) atoms. The van der Waals surface area contributed by atoms with Crippen LogP contribution in [-0.2, 0) is 10.2 Å². The third-order valence-electron chi connectivity index (χ3n) is 4.17. The van der Waals surface area contributed by atoms with E-state index in [1.807, 2.05) is 18.2 Å². The number of Topliss-reactive ketones (excluding diaryl/α,β-unsaturated/α-hetero) is 1. The van der Waals surface area contributed by atoms with Crippen LogP contribution in [0.5, 0.6) is 0 Å².